The van der Waals surface area contributed by atoms with Crippen molar-refractivity contribution in [3.05, 3.63) is 93.3 Å². The number of nitrogens with one attached hydrogen (secondary N) is 1. The summed E-state index contributed by atoms with van der Waals surface area (Å²) >= 11 is 1.70. The van der Waals surface area contributed by atoms with Crippen LogP contribution in [0.15, 0.2) is 66.0 Å². The van der Waals surface area contributed by atoms with E-state index < -0.39 is 5.97 Å². The van der Waals surface area contributed by atoms with Crippen LogP contribution in [0.4, 0.5) is 0 Å². The molecule has 0 aliphatic carbocycles. The molecule has 142 valence electrons. The second kappa shape index (κ2) is 8.00. The van der Waals surface area contributed by atoms with Crippen LogP contribution in [0.3, 0.4) is 0 Å². The van der Waals surface area contributed by atoms with Crippen molar-refractivity contribution in [1.29, 1.82) is 0 Å². The molecule has 2 heterocycles. The van der Waals surface area contributed by atoms with E-state index in [0.717, 1.165) is 34.1 Å². The molecule has 28 heavy (non-hydrogen) atoms. The Kier molecular flexibility index (Phi) is 5.28. The molecule has 2 N–H and O–H groups in total. The van der Waals surface area contributed by atoms with Crippen molar-refractivity contribution in [2.45, 2.75) is 26.6 Å². The highest BCUT2D eigenvalue weighted by molar-refractivity contribution is 7.09. The minimum atomic E-state index is -0.891. The highest BCUT2D eigenvalue weighted by Gasteiger charge is 2.22. The van der Waals surface area contributed by atoms with Gasteiger partial charge in [-0.3, -0.25) is 0 Å². The summed E-state index contributed by atoms with van der Waals surface area (Å²) in [4.78, 5) is 13.5. The molecular weight excluding hydrogens is 368 g/mol. The summed E-state index contributed by atoms with van der Waals surface area (Å²) in [6, 6.07) is 20.2. The largest absolute Gasteiger partial charge is 0.477 e. The van der Waals surface area contributed by atoms with Gasteiger partial charge in [-0.05, 0) is 35.6 Å². The molecule has 0 saturated carbocycles. The molecular formula is C23H22N2O2S. The van der Waals surface area contributed by atoms with Gasteiger partial charge in [0.2, 0.25) is 0 Å². The molecule has 4 aromatic rings. The molecule has 5 heteroatoms. The average molecular weight is 391 g/mol. The molecule has 2 aromatic carbocycles. The van der Waals surface area contributed by atoms with Crippen LogP contribution < -0.4 is 5.32 Å². The van der Waals surface area contributed by atoms with Gasteiger partial charge < -0.3 is 15.0 Å². The minimum Gasteiger partial charge on any atom is -0.477 e. The maximum absolute atomic E-state index is 12.2. The third kappa shape index (κ3) is 3.59. The summed E-state index contributed by atoms with van der Waals surface area (Å²) in [5.74, 6) is -0.891. The van der Waals surface area contributed by atoms with Crippen molar-refractivity contribution in [3.63, 3.8) is 0 Å². The van der Waals surface area contributed by atoms with E-state index in [2.05, 4.69) is 30.4 Å². The smallest absolute Gasteiger partial charge is 0.352 e. The fourth-order valence-electron chi connectivity index (χ4n) is 3.64. The lowest BCUT2D eigenvalue weighted by Crippen LogP contribution is -2.17. The molecule has 0 aliphatic rings. The molecule has 0 saturated heterocycles. The summed E-state index contributed by atoms with van der Waals surface area (Å²) in [5.41, 5.74) is 4.45. The molecule has 2 aromatic heterocycles. The molecule has 0 amide bonds. The van der Waals surface area contributed by atoms with Crippen LogP contribution in [0.2, 0.25) is 0 Å². The number of nitrogens with zero attached hydrogens (tertiary/aromatic N) is 1. The van der Waals surface area contributed by atoms with Crippen molar-refractivity contribution >= 4 is 28.2 Å². The number of carbonyl (C=O) groups is 1. The van der Waals surface area contributed by atoms with Crippen LogP contribution in [-0.4, -0.2) is 15.6 Å². The molecule has 4 rings (SSSR count). The summed E-state index contributed by atoms with van der Waals surface area (Å²) in [6.45, 7) is 3.85. The van der Waals surface area contributed by atoms with Crippen LogP contribution in [0, 0.1) is 6.92 Å². The van der Waals surface area contributed by atoms with Gasteiger partial charge in [-0.2, -0.15) is 0 Å². The maximum atomic E-state index is 12.2. The van der Waals surface area contributed by atoms with Crippen LogP contribution in [0.5, 0.6) is 0 Å². The van der Waals surface area contributed by atoms with Crippen molar-refractivity contribution in [3.8, 4) is 0 Å². The maximum Gasteiger partial charge on any atom is 0.352 e. The summed E-state index contributed by atoms with van der Waals surface area (Å²) in [7, 11) is 0. The van der Waals surface area contributed by atoms with Gasteiger partial charge in [0.15, 0.2) is 0 Å². The Balaban J connectivity index is 1.75. The van der Waals surface area contributed by atoms with Crippen molar-refractivity contribution in [2.24, 2.45) is 0 Å². The Labute approximate surface area is 168 Å². The zero-order valence-electron chi connectivity index (χ0n) is 15.7. The molecule has 0 bridgehead atoms. The topological polar surface area (TPSA) is 54.3 Å². The van der Waals surface area contributed by atoms with Crippen LogP contribution in [0.1, 0.15) is 32.1 Å². The Hall–Kier alpha value is -2.89. The van der Waals surface area contributed by atoms with Crippen molar-refractivity contribution < 1.29 is 9.90 Å². The van der Waals surface area contributed by atoms with Gasteiger partial charge in [0, 0.05) is 41.0 Å². The number of hydrogen-bond donors (Lipinski definition) is 2. The molecule has 0 radical (unpaired) electrons. The van der Waals surface area contributed by atoms with E-state index >= 15 is 0 Å². The average Bonchev–Trinajstić information content (AvgIpc) is 3.31. The van der Waals surface area contributed by atoms with E-state index in [0.29, 0.717) is 18.8 Å². The number of thiophene rings is 1. The van der Waals surface area contributed by atoms with Crippen LogP contribution in [-0.2, 0) is 19.6 Å². The first-order valence-corrected chi connectivity index (χ1v) is 10.1. The molecule has 0 unspecified atom stereocenters. The number of benzene rings is 2. The predicted octanol–water partition coefficient (Wildman–Crippen LogP) is 5.05. The Bertz CT molecular complexity index is 1110. The van der Waals surface area contributed by atoms with E-state index in [1.165, 1.54) is 4.88 Å². The van der Waals surface area contributed by atoms with Gasteiger partial charge >= 0.3 is 5.97 Å². The Morgan fingerprint density at radius 2 is 1.82 bits per heavy atom. The van der Waals surface area contributed by atoms with E-state index in [4.69, 9.17) is 0 Å². The van der Waals surface area contributed by atoms with Crippen LogP contribution in [0.25, 0.3) is 10.9 Å². The Morgan fingerprint density at radius 1 is 1.04 bits per heavy atom. The molecule has 0 atom stereocenters. The Morgan fingerprint density at radius 3 is 2.57 bits per heavy atom. The third-order valence-corrected chi connectivity index (χ3v) is 5.93. The monoisotopic (exact) mass is 390 g/mol. The number of aromatic nitrogens is 1. The summed E-state index contributed by atoms with van der Waals surface area (Å²) in [6.07, 6.45) is 0. The molecule has 0 aliphatic heterocycles. The second-order valence-corrected chi connectivity index (χ2v) is 7.88. The number of hydrogen-bond acceptors (Lipinski definition) is 3. The van der Waals surface area contributed by atoms with E-state index in [-0.39, 0.29) is 0 Å². The molecule has 0 spiro atoms. The van der Waals surface area contributed by atoms with Gasteiger partial charge in [-0.1, -0.05) is 48.5 Å². The van der Waals surface area contributed by atoms with E-state index in [1.54, 1.807) is 11.3 Å². The van der Waals surface area contributed by atoms with Crippen molar-refractivity contribution in [2.75, 3.05) is 0 Å². The van der Waals surface area contributed by atoms with Gasteiger partial charge in [0.05, 0.1) is 0 Å². The number of para-hydroxylation sites is 1. The first-order valence-electron chi connectivity index (χ1n) is 9.26. The number of rotatable bonds is 7. The minimum absolute atomic E-state index is 0.364. The second-order valence-electron chi connectivity index (χ2n) is 6.85. The van der Waals surface area contributed by atoms with Gasteiger partial charge in [0.25, 0.3) is 0 Å². The summed E-state index contributed by atoms with van der Waals surface area (Å²) < 4.78 is 1.93. The fraction of sp³-hybridized carbons (Fsp3) is 0.174. The first kappa shape index (κ1) is 18.5. The van der Waals surface area contributed by atoms with Gasteiger partial charge in [0.1, 0.15) is 5.69 Å². The highest BCUT2D eigenvalue weighted by Crippen LogP contribution is 2.28. The normalized spacial score (nSPS) is 11.2. The lowest BCUT2D eigenvalue weighted by atomic mass is 10.1. The fourth-order valence-corrected chi connectivity index (χ4v) is 4.32. The van der Waals surface area contributed by atoms with E-state index in [9.17, 15) is 9.90 Å². The SMILES string of the molecule is Cc1ccccc1Cn1c(C(=O)O)c(CNCc2cccs2)c2ccccc21. The number of carboxylic acid groups (broad SMARTS) is 1. The van der Waals surface area contributed by atoms with E-state index in [1.807, 2.05) is 52.4 Å². The number of carboxylic acids is 1. The third-order valence-electron chi connectivity index (χ3n) is 5.05. The zero-order chi connectivity index (χ0) is 19.5. The number of aryl methyl sites for hydroxylation is 1. The van der Waals surface area contributed by atoms with Crippen molar-refractivity contribution in [1.82, 2.24) is 9.88 Å². The highest BCUT2D eigenvalue weighted by atomic mass is 32.1. The number of aromatic carboxylic acids is 1. The van der Waals surface area contributed by atoms with Gasteiger partial charge in [-0.25, -0.2) is 4.79 Å². The predicted molar refractivity (Wildman–Crippen MR) is 114 cm³/mol. The lowest BCUT2D eigenvalue weighted by Gasteiger charge is -2.11. The molecule has 0 fully saturated rings. The number of fused-ring (bicyclic) bond motifs is 1. The molecule has 4 nitrogen and oxygen atoms in total. The quantitative estimate of drug-likeness (QED) is 0.464. The van der Waals surface area contributed by atoms with Gasteiger partial charge in [-0.15, -0.1) is 11.3 Å². The van der Waals surface area contributed by atoms with Crippen LogP contribution >= 0.6 is 11.3 Å². The standard InChI is InChI=1S/C23H22N2O2S/c1-16-7-2-3-8-17(16)15-25-21-11-5-4-10-19(21)20(22(25)23(26)27)14-24-13-18-9-6-12-28-18/h2-12,24H,13-15H2,1H3,(H,26,27). The summed E-state index contributed by atoms with van der Waals surface area (Å²) in [5, 5.41) is 16.5. The lowest BCUT2D eigenvalue weighted by molar-refractivity contribution is 0.0684. The first-order chi connectivity index (χ1) is 13.6. The zero-order valence-corrected chi connectivity index (χ0v) is 16.5.